The first-order valence-electron chi connectivity index (χ1n) is 6.52. The molecule has 3 rings (SSSR count). The van der Waals surface area contributed by atoms with Crippen LogP contribution < -0.4 is 14.2 Å². The van der Waals surface area contributed by atoms with Crippen molar-refractivity contribution in [1.82, 2.24) is 0 Å². The highest BCUT2D eigenvalue weighted by Crippen LogP contribution is 2.47. The van der Waals surface area contributed by atoms with E-state index >= 15 is 0 Å². The van der Waals surface area contributed by atoms with Gasteiger partial charge in [-0.2, -0.15) is 0 Å². The van der Waals surface area contributed by atoms with E-state index in [1.54, 1.807) is 20.3 Å². The Morgan fingerprint density at radius 3 is 2.68 bits per heavy atom. The van der Waals surface area contributed by atoms with Gasteiger partial charge in [0.2, 0.25) is 5.75 Å². The van der Waals surface area contributed by atoms with E-state index < -0.39 is 0 Å². The van der Waals surface area contributed by atoms with Gasteiger partial charge in [0.15, 0.2) is 11.5 Å². The average molecular weight is 262 g/mol. The van der Waals surface area contributed by atoms with Crippen LogP contribution in [-0.2, 0) is 6.61 Å². The van der Waals surface area contributed by atoms with Gasteiger partial charge in [0.05, 0.1) is 20.8 Å². The van der Waals surface area contributed by atoms with Crippen molar-refractivity contribution in [2.24, 2.45) is 5.92 Å². The van der Waals surface area contributed by atoms with E-state index in [-0.39, 0.29) is 12.7 Å². The highest BCUT2D eigenvalue weighted by atomic mass is 16.5. The second kappa shape index (κ2) is 4.78. The normalized spacial score (nSPS) is 20.7. The molecule has 1 aliphatic carbocycles. The van der Waals surface area contributed by atoms with Gasteiger partial charge < -0.3 is 19.3 Å². The maximum absolute atomic E-state index is 9.48. The van der Waals surface area contributed by atoms with Crippen LogP contribution in [0.5, 0.6) is 17.2 Å². The molecule has 1 N–H and O–H groups in total. The lowest BCUT2D eigenvalue weighted by Gasteiger charge is -2.25. The van der Waals surface area contributed by atoms with Crippen molar-refractivity contribution in [3.05, 3.63) is 23.3 Å². The summed E-state index contributed by atoms with van der Waals surface area (Å²) in [6.07, 6.45) is 6.63. The SMILES string of the molecule is COc1cc(CO)c2c(c1OC)OC(C1CC1)C=C2. The lowest BCUT2D eigenvalue weighted by molar-refractivity contribution is 0.207. The molecule has 102 valence electrons. The molecule has 1 aromatic rings. The molecule has 4 nitrogen and oxygen atoms in total. The molecule has 1 fully saturated rings. The number of aliphatic hydroxyl groups excluding tert-OH is 1. The predicted molar refractivity (Wildman–Crippen MR) is 71.6 cm³/mol. The van der Waals surface area contributed by atoms with Crippen LogP contribution in [0.2, 0.25) is 0 Å². The third kappa shape index (κ3) is 2.06. The number of hydrogen-bond donors (Lipinski definition) is 1. The molecule has 4 heteroatoms. The third-order valence-corrected chi connectivity index (χ3v) is 3.71. The van der Waals surface area contributed by atoms with E-state index in [9.17, 15) is 5.11 Å². The van der Waals surface area contributed by atoms with Crippen LogP contribution in [-0.4, -0.2) is 25.4 Å². The van der Waals surface area contributed by atoms with E-state index in [2.05, 4.69) is 6.08 Å². The number of fused-ring (bicyclic) bond motifs is 1. The van der Waals surface area contributed by atoms with Gasteiger partial charge >= 0.3 is 0 Å². The highest BCUT2D eigenvalue weighted by molar-refractivity contribution is 5.71. The van der Waals surface area contributed by atoms with E-state index in [1.165, 1.54) is 12.8 Å². The van der Waals surface area contributed by atoms with Gasteiger partial charge in [0.1, 0.15) is 6.10 Å². The first-order chi connectivity index (χ1) is 9.28. The number of methoxy groups -OCH3 is 2. The Kier molecular flexibility index (Phi) is 3.11. The zero-order valence-corrected chi connectivity index (χ0v) is 11.2. The molecule has 0 spiro atoms. The Hall–Kier alpha value is -1.68. The monoisotopic (exact) mass is 262 g/mol. The summed E-state index contributed by atoms with van der Waals surface area (Å²) in [5.74, 6) is 2.49. The maximum Gasteiger partial charge on any atom is 0.203 e. The van der Waals surface area contributed by atoms with E-state index in [4.69, 9.17) is 14.2 Å². The molecule has 19 heavy (non-hydrogen) atoms. The van der Waals surface area contributed by atoms with Gasteiger partial charge in [-0.05, 0) is 36.5 Å². The molecule has 0 aromatic heterocycles. The lowest BCUT2D eigenvalue weighted by atomic mass is 10.0. The van der Waals surface area contributed by atoms with Crippen LogP contribution in [0.15, 0.2) is 12.1 Å². The topological polar surface area (TPSA) is 47.9 Å². The smallest absolute Gasteiger partial charge is 0.203 e. The highest BCUT2D eigenvalue weighted by Gasteiger charge is 2.35. The molecule has 1 atom stereocenters. The van der Waals surface area contributed by atoms with Crippen LogP contribution in [0.1, 0.15) is 24.0 Å². The van der Waals surface area contributed by atoms with Crippen LogP contribution in [0.4, 0.5) is 0 Å². The summed E-state index contributed by atoms with van der Waals surface area (Å²) in [5, 5.41) is 9.48. The third-order valence-electron chi connectivity index (χ3n) is 3.71. The molecule has 0 amide bonds. The van der Waals surface area contributed by atoms with Gasteiger partial charge in [-0.15, -0.1) is 0 Å². The molecule has 1 saturated carbocycles. The van der Waals surface area contributed by atoms with E-state index in [0.717, 1.165) is 11.1 Å². The summed E-state index contributed by atoms with van der Waals surface area (Å²) < 4.78 is 16.8. The Morgan fingerprint density at radius 1 is 1.32 bits per heavy atom. The number of rotatable bonds is 4. The summed E-state index contributed by atoms with van der Waals surface area (Å²) in [5.41, 5.74) is 1.68. The summed E-state index contributed by atoms with van der Waals surface area (Å²) in [4.78, 5) is 0. The molecule has 1 aliphatic heterocycles. The number of aliphatic hydroxyl groups is 1. The first-order valence-corrected chi connectivity index (χ1v) is 6.52. The molecular formula is C15H18O4. The number of benzene rings is 1. The molecule has 1 unspecified atom stereocenters. The van der Waals surface area contributed by atoms with Crippen LogP contribution in [0.25, 0.3) is 6.08 Å². The van der Waals surface area contributed by atoms with Gasteiger partial charge in [-0.1, -0.05) is 6.08 Å². The first kappa shape index (κ1) is 12.4. The summed E-state index contributed by atoms with van der Waals surface area (Å²) in [7, 11) is 3.19. The van der Waals surface area contributed by atoms with Crippen LogP contribution in [0.3, 0.4) is 0 Å². The van der Waals surface area contributed by atoms with Crippen molar-refractivity contribution in [1.29, 1.82) is 0 Å². The second-order valence-corrected chi connectivity index (χ2v) is 4.95. The molecule has 2 aliphatic rings. The standard InChI is InChI=1S/C15H18O4/c1-17-13-7-10(8-16)11-5-6-12(9-3-4-9)19-14(11)15(13)18-2/h5-7,9,12,16H,3-4,8H2,1-2H3. The van der Waals surface area contributed by atoms with Crippen molar-refractivity contribution in [2.45, 2.75) is 25.6 Å². The van der Waals surface area contributed by atoms with Crippen molar-refractivity contribution in [3.8, 4) is 17.2 Å². The average Bonchev–Trinajstić information content (AvgIpc) is 3.29. The molecule has 0 radical (unpaired) electrons. The second-order valence-electron chi connectivity index (χ2n) is 4.95. The molecule has 0 saturated heterocycles. The molecule has 0 bridgehead atoms. The number of ether oxygens (including phenoxy) is 3. The van der Waals surface area contributed by atoms with Crippen molar-refractivity contribution >= 4 is 6.08 Å². The summed E-state index contributed by atoms with van der Waals surface area (Å²) in [6, 6.07) is 1.79. The largest absolute Gasteiger partial charge is 0.493 e. The maximum atomic E-state index is 9.48. The minimum atomic E-state index is -0.0511. The predicted octanol–water partition coefficient (Wildman–Crippen LogP) is 2.38. The zero-order valence-electron chi connectivity index (χ0n) is 11.2. The molecule has 1 aromatic carbocycles. The van der Waals surface area contributed by atoms with Crippen LogP contribution in [0, 0.1) is 5.92 Å². The Morgan fingerprint density at radius 2 is 2.11 bits per heavy atom. The quantitative estimate of drug-likeness (QED) is 0.905. The Bertz CT molecular complexity index is 517. The van der Waals surface area contributed by atoms with Crippen molar-refractivity contribution < 1.29 is 19.3 Å². The molecule has 1 heterocycles. The van der Waals surface area contributed by atoms with E-state index in [1.807, 2.05) is 6.08 Å². The number of hydrogen-bond acceptors (Lipinski definition) is 4. The zero-order chi connectivity index (χ0) is 13.4. The van der Waals surface area contributed by atoms with E-state index in [0.29, 0.717) is 23.2 Å². The van der Waals surface area contributed by atoms with Crippen molar-refractivity contribution in [3.63, 3.8) is 0 Å². The Labute approximate surface area is 112 Å². The molecular weight excluding hydrogens is 244 g/mol. The minimum absolute atomic E-state index is 0.0511. The van der Waals surface area contributed by atoms with Gasteiger partial charge in [-0.25, -0.2) is 0 Å². The fourth-order valence-electron chi connectivity index (χ4n) is 2.50. The summed E-state index contributed by atoms with van der Waals surface area (Å²) >= 11 is 0. The van der Waals surface area contributed by atoms with Gasteiger partial charge in [0.25, 0.3) is 0 Å². The lowest BCUT2D eigenvalue weighted by Crippen LogP contribution is -2.20. The van der Waals surface area contributed by atoms with Gasteiger partial charge in [0, 0.05) is 5.56 Å². The van der Waals surface area contributed by atoms with Crippen molar-refractivity contribution in [2.75, 3.05) is 14.2 Å². The fourth-order valence-corrected chi connectivity index (χ4v) is 2.50. The fraction of sp³-hybridized carbons (Fsp3) is 0.467. The summed E-state index contributed by atoms with van der Waals surface area (Å²) in [6.45, 7) is -0.0511. The van der Waals surface area contributed by atoms with Gasteiger partial charge in [-0.3, -0.25) is 0 Å². The Balaban J connectivity index is 2.09. The minimum Gasteiger partial charge on any atom is -0.493 e. The van der Waals surface area contributed by atoms with Crippen LogP contribution >= 0.6 is 0 Å².